The lowest BCUT2D eigenvalue weighted by molar-refractivity contribution is 0.194. The van der Waals surface area contributed by atoms with E-state index in [-0.39, 0.29) is 0 Å². The van der Waals surface area contributed by atoms with E-state index in [0.717, 1.165) is 31.8 Å². The Kier molecular flexibility index (Phi) is 6.62. The number of aromatic nitrogens is 2. The van der Waals surface area contributed by atoms with E-state index in [4.69, 9.17) is 4.74 Å². The van der Waals surface area contributed by atoms with Crippen molar-refractivity contribution in [2.45, 2.75) is 30.5 Å². The Morgan fingerprint density at radius 2 is 2.35 bits per heavy atom. The zero-order valence-corrected chi connectivity index (χ0v) is 12.0. The number of hydrogen-bond acceptors (Lipinski definition) is 4. The fraction of sp³-hybridized carbons (Fsp3) is 0.750. The molecule has 1 heterocycles. The predicted octanol–water partition coefficient (Wildman–Crippen LogP) is 1.84. The molecule has 0 spiro atoms. The number of methoxy groups -OCH3 is 1. The minimum absolute atomic E-state index is 0.548. The molecule has 1 atom stereocenters. The van der Waals surface area contributed by atoms with Crippen LogP contribution in [0.25, 0.3) is 0 Å². The summed E-state index contributed by atoms with van der Waals surface area (Å²) < 4.78 is 6.95. The number of hydrogen-bond donors (Lipinski definition) is 1. The second-order valence-corrected chi connectivity index (χ2v) is 5.69. The third-order valence-corrected chi connectivity index (χ3v) is 3.61. The van der Waals surface area contributed by atoms with E-state index in [2.05, 4.69) is 23.4 Å². The molecule has 0 aliphatic rings. The van der Waals surface area contributed by atoms with Gasteiger partial charge in [-0.2, -0.15) is 5.10 Å². The fourth-order valence-electron chi connectivity index (χ4n) is 1.59. The maximum absolute atomic E-state index is 5.01. The molecule has 0 saturated heterocycles. The molecule has 0 aliphatic carbocycles. The second-order valence-electron chi connectivity index (χ2n) is 4.23. The highest BCUT2D eigenvalue weighted by Gasteiger charge is 2.08. The Labute approximate surface area is 108 Å². The van der Waals surface area contributed by atoms with Crippen molar-refractivity contribution in [1.29, 1.82) is 0 Å². The highest BCUT2D eigenvalue weighted by atomic mass is 32.2. The number of rotatable bonds is 8. The molecule has 1 aromatic heterocycles. The Hall–Kier alpha value is -0.520. The summed E-state index contributed by atoms with van der Waals surface area (Å²) >= 11 is 1.86. The Morgan fingerprint density at radius 1 is 1.59 bits per heavy atom. The van der Waals surface area contributed by atoms with Gasteiger partial charge in [-0.15, -0.1) is 11.8 Å². The molecule has 0 fully saturated rings. The zero-order chi connectivity index (χ0) is 12.7. The van der Waals surface area contributed by atoms with Crippen LogP contribution in [0.2, 0.25) is 0 Å². The van der Waals surface area contributed by atoms with E-state index in [1.165, 1.54) is 5.03 Å². The van der Waals surface area contributed by atoms with Crippen molar-refractivity contribution in [2.24, 2.45) is 7.05 Å². The Balaban J connectivity index is 2.20. The van der Waals surface area contributed by atoms with Crippen LogP contribution >= 0.6 is 11.8 Å². The van der Waals surface area contributed by atoms with Crippen molar-refractivity contribution in [3.05, 3.63) is 11.8 Å². The van der Waals surface area contributed by atoms with Gasteiger partial charge in [-0.05, 0) is 26.0 Å². The van der Waals surface area contributed by atoms with Crippen LogP contribution in [0, 0.1) is 6.92 Å². The van der Waals surface area contributed by atoms with Crippen LogP contribution in [0.1, 0.15) is 19.0 Å². The second kappa shape index (κ2) is 7.74. The lowest BCUT2D eigenvalue weighted by Crippen LogP contribution is -2.24. The molecule has 98 valence electrons. The first-order valence-electron chi connectivity index (χ1n) is 6.00. The standard InChI is InChI=1S/C12H23N3OS/c1-10-8-12(15(3)14-10)17-11(2)9-13-6-5-7-16-4/h8,11,13H,5-7,9H2,1-4H3. The lowest BCUT2D eigenvalue weighted by Gasteiger charge is -2.12. The van der Waals surface area contributed by atoms with Crippen molar-refractivity contribution in [3.63, 3.8) is 0 Å². The maximum Gasteiger partial charge on any atom is 0.0942 e. The largest absolute Gasteiger partial charge is 0.385 e. The number of ether oxygens (including phenoxy) is 1. The van der Waals surface area contributed by atoms with Gasteiger partial charge < -0.3 is 10.1 Å². The van der Waals surface area contributed by atoms with Gasteiger partial charge in [0.1, 0.15) is 0 Å². The van der Waals surface area contributed by atoms with E-state index >= 15 is 0 Å². The van der Waals surface area contributed by atoms with E-state index in [9.17, 15) is 0 Å². The summed E-state index contributed by atoms with van der Waals surface area (Å²) in [5.74, 6) is 0. The molecule has 0 amide bonds. The summed E-state index contributed by atoms with van der Waals surface area (Å²) in [6.45, 7) is 7.12. The van der Waals surface area contributed by atoms with Crippen LogP contribution in [0.15, 0.2) is 11.1 Å². The number of aryl methyl sites for hydroxylation is 2. The summed E-state index contributed by atoms with van der Waals surface area (Å²) in [6, 6.07) is 2.13. The number of nitrogens with zero attached hydrogens (tertiary/aromatic N) is 2. The summed E-state index contributed by atoms with van der Waals surface area (Å²) in [7, 11) is 3.73. The summed E-state index contributed by atoms with van der Waals surface area (Å²) in [6.07, 6.45) is 1.07. The monoisotopic (exact) mass is 257 g/mol. The van der Waals surface area contributed by atoms with Crippen molar-refractivity contribution in [2.75, 3.05) is 26.8 Å². The van der Waals surface area contributed by atoms with Crippen LogP contribution in [-0.4, -0.2) is 41.8 Å². The van der Waals surface area contributed by atoms with E-state index in [1.807, 2.05) is 30.4 Å². The third-order valence-electron chi connectivity index (χ3n) is 2.41. The summed E-state index contributed by atoms with van der Waals surface area (Å²) in [4.78, 5) is 0. The maximum atomic E-state index is 5.01. The predicted molar refractivity (Wildman–Crippen MR) is 72.6 cm³/mol. The van der Waals surface area contributed by atoms with Crippen molar-refractivity contribution >= 4 is 11.8 Å². The SMILES string of the molecule is COCCCNCC(C)Sc1cc(C)nn1C. The first-order chi connectivity index (χ1) is 8.13. The summed E-state index contributed by atoms with van der Waals surface area (Å²) in [5.41, 5.74) is 1.08. The molecule has 4 nitrogen and oxygen atoms in total. The molecule has 17 heavy (non-hydrogen) atoms. The zero-order valence-electron chi connectivity index (χ0n) is 11.2. The molecule has 0 radical (unpaired) electrons. The van der Waals surface area contributed by atoms with Crippen molar-refractivity contribution in [1.82, 2.24) is 15.1 Å². The minimum atomic E-state index is 0.548. The molecule has 0 saturated carbocycles. The van der Waals surface area contributed by atoms with E-state index in [1.54, 1.807) is 7.11 Å². The Bertz CT molecular complexity index is 328. The van der Waals surface area contributed by atoms with Crippen LogP contribution in [0.4, 0.5) is 0 Å². The van der Waals surface area contributed by atoms with Crippen molar-refractivity contribution in [3.8, 4) is 0 Å². The average Bonchev–Trinajstić information content (AvgIpc) is 2.57. The van der Waals surface area contributed by atoms with Crippen LogP contribution in [-0.2, 0) is 11.8 Å². The van der Waals surface area contributed by atoms with Crippen LogP contribution < -0.4 is 5.32 Å². The van der Waals surface area contributed by atoms with Crippen LogP contribution in [0.5, 0.6) is 0 Å². The molecular weight excluding hydrogens is 234 g/mol. The minimum Gasteiger partial charge on any atom is -0.385 e. The molecule has 0 aliphatic heterocycles. The van der Waals surface area contributed by atoms with Gasteiger partial charge in [0.25, 0.3) is 0 Å². The van der Waals surface area contributed by atoms with Gasteiger partial charge in [-0.25, -0.2) is 0 Å². The number of nitrogens with one attached hydrogen (secondary N) is 1. The molecule has 1 rings (SSSR count). The van der Waals surface area contributed by atoms with Gasteiger partial charge in [0.2, 0.25) is 0 Å². The Morgan fingerprint density at radius 3 is 2.94 bits per heavy atom. The third kappa shape index (κ3) is 5.57. The lowest BCUT2D eigenvalue weighted by atomic mass is 10.4. The first-order valence-corrected chi connectivity index (χ1v) is 6.88. The average molecular weight is 257 g/mol. The van der Waals surface area contributed by atoms with Gasteiger partial charge in [-0.3, -0.25) is 4.68 Å². The molecule has 0 aromatic carbocycles. The van der Waals surface area contributed by atoms with Gasteiger partial charge in [0.05, 0.1) is 10.7 Å². The quantitative estimate of drug-likeness (QED) is 0.570. The molecule has 1 aromatic rings. The van der Waals surface area contributed by atoms with E-state index in [0.29, 0.717) is 5.25 Å². The molecular formula is C12H23N3OS. The van der Waals surface area contributed by atoms with E-state index < -0.39 is 0 Å². The molecule has 1 N–H and O–H groups in total. The number of thioether (sulfide) groups is 1. The topological polar surface area (TPSA) is 39.1 Å². The molecule has 0 bridgehead atoms. The van der Waals surface area contributed by atoms with Gasteiger partial charge >= 0.3 is 0 Å². The highest BCUT2D eigenvalue weighted by molar-refractivity contribution is 7.99. The molecule has 1 unspecified atom stereocenters. The van der Waals surface area contributed by atoms with Crippen LogP contribution in [0.3, 0.4) is 0 Å². The smallest absolute Gasteiger partial charge is 0.0942 e. The molecule has 5 heteroatoms. The summed E-state index contributed by atoms with van der Waals surface area (Å²) in [5, 5.41) is 9.56. The normalized spacial score (nSPS) is 12.9. The fourth-order valence-corrected chi connectivity index (χ4v) is 2.64. The highest BCUT2D eigenvalue weighted by Crippen LogP contribution is 2.22. The van der Waals surface area contributed by atoms with Crippen molar-refractivity contribution < 1.29 is 4.74 Å². The van der Waals surface area contributed by atoms with Gasteiger partial charge in [-0.1, -0.05) is 6.92 Å². The first kappa shape index (κ1) is 14.5. The van der Waals surface area contributed by atoms with Gasteiger partial charge in [0, 0.05) is 32.6 Å². The van der Waals surface area contributed by atoms with Gasteiger partial charge in [0.15, 0.2) is 0 Å².